The first kappa shape index (κ1) is 21.2. The Bertz CT molecular complexity index is 648. The lowest BCUT2D eigenvalue weighted by atomic mass is 10.2. The Labute approximate surface area is 154 Å². The van der Waals surface area contributed by atoms with Crippen molar-refractivity contribution in [1.82, 2.24) is 5.32 Å². The zero-order valence-electron chi connectivity index (χ0n) is 15.2. The summed E-state index contributed by atoms with van der Waals surface area (Å²) in [6.07, 6.45) is 4.14. The predicted octanol–water partition coefficient (Wildman–Crippen LogP) is 2.62. The van der Waals surface area contributed by atoms with Crippen LogP contribution in [0, 0.1) is 11.3 Å². The molecule has 0 atom stereocenters. The van der Waals surface area contributed by atoms with Crippen LogP contribution in [-0.4, -0.2) is 38.7 Å². The van der Waals surface area contributed by atoms with Crippen LogP contribution < -0.4 is 10.6 Å². The number of esters is 1. The summed E-state index contributed by atoms with van der Waals surface area (Å²) >= 11 is 0. The highest BCUT2D eigenvalue weighted by Crippen LogP contribution is 2.11. The van der Waals surface area contributed by atoms with Gasteiger partial charge >= 0.3 is 5.97 Å². The van der Waals surface area contributed by atoms with E-state index in [1.54, 1.807) is 24.3 Å². The fourth-order valence-electron chi connectivity index (χ4n) is 1.94. The molecule has 0 bridgehead atoms. The van der Waals surface area contributed by atoms with Crippen LogP contribution in [0.5, 0.6) is 0 Å². The van der Waals surface area contributed by atoms with Crippen molar-refractivity contribution in [1.29, 1.82) is 5.26 Å². The number of benzene rings is 1. The lowest BCUT2D eigenvalue weighted by Gasteiger charge is -2.06. The molecule has 0 fully saturated rings. The van der Waals surface area contributed by atoms with Crippen molar-refractivity contribution in [2.24, 2.45) is 0 Å². The summed E-state index contributed by atoms with van der Waals surface area (Å²) in [6, 6.07) is 8.35. The molecule has 0 aromatic heterocycles. The Morgan fingerprint density at radius 1 is 1.19 bits per heavy atom. The van der Waals surface area contributed by atoms with Gasteiger partial charge in [-0.05, 0) is 37.1 Å². The van der Waals surface area contributed by atoms with E-state index in [9.17, 15) is 9.59 Å². The summed E-state index contributed by atoms with van der Waals surface area (Å²) in [5, 5.41) is 14.7. The maximum Gasteiger partial charge on any atom is 0.337 e. The first-order chi connectivity index (χ1) is 12.6. The third-order valence-corrected chi connectivity index (χ3v) is 3.45. The number of amides is 1. The molecule has 0 heterocycles. The van der Waals surface area contributed by atoms with Crippen molar-refractivity contribution < 1.29 is 19.1 Å². The molecule has 0 radical (unpaired) electrons. The highest BCUT2D eigenvalue weighted by atomic mass is 16.5. The van der Waals surface area contributed by atoms with Gasteiger partial charge in [0.25, 0.3) is 5.91 Å². The number of unbranched alkanes of at least 4 members (excludes halogenated alkanes) is 1. The molecule has 0 aliphatic carbocycles. The Morgan fingerprint density at radius 3 is 2.50 bits per heavy atom. The molecule has 7 nitrogen and oxygen atoms in total. The van der Waals surface area contributed by atoms with Gasteiger partial charge in [-0.2, -0.15) is 5.26 Å². The fraction of sp³-hybridized carbons (Fsp3) is 0.421. The molecule has 26 heavy (non-hydrogen) atoms. The van der Waals surface area contributed by atoms with Gasteiger partial charge in [0.05, 0.1) is 12.7 Å². The van der Waals surface area contributed by atoms with Gasteiger partial charge in [0.1, 0.15) is 11.6 Å². The quantitative estimate of drug-likeness (QED) is 0.273. The van der Waals surface area contributed by atoms with Gasteiger partial charge in [-0.15, -0.1) is 0 Å². The molecule has 0 saturated heterocycles. The predicted molar refractivity (Wildman–Crippen MR) is 98.5 cm³/mol. The van der Waals surface area contributed by atoms with Crippen molar-refractivity contribution in [3.63, 3.8) is 0 Å². The van der Waals surface area contributed by atoms with Gasteiger partial charge in [0, 0.05) is 31.6 Å². The monoisotopic (exact) mass is 359 g/mol. The van der Waals surface area contributed by atoms with Crippen LogP contribution in [0.2, 0.25) is 0 Å². The normalized spacial score (nSPS) is 10.7. The number of methoxy groups -OCH3 is 1. The molecular weight excluding hydrogens is 334 g/mol. The van der Waals surface area contributed by atoms with Crippen molar-refractivity contribution in [3.05, 3.63) is 41.6 Å². The number of nitriles is 1. The van der Waals surface area contributed by atoms with Crippen LogP contribution in [0.25, 0.3) is 0 Å². The zero-order chi connectivity index (χ0) is 19.2. The van der Waals surface area contributed by atoms with E-state index < -0.39 is 11.9 Å². The third kappa shape index (κ3) is 7.81. The molecule has 0 aliphatic rings. The van der Waals surface area contributed by atoms with E-state index >= 15 is 0 Å². The molecule has 0 saturated carbocycles. The fourth-order valence-corrected chi connectivity index (χ4v) is 1.94. The maximum absolute atomic E-state index is 12.0. The molecule has 0 unspecified atom stereocenters. The summed E-state index contributed by atoms with van der Waals surface area (Å²) in [5.41, 5.74) is 1.03. The second-order valence-electron chi connectivity index (χ2n) is 5.46. The zero-order valence-corrected chi connectivity index (χ0v) is 15.2. The number of nitrogens with zero attached hydrogens (tertiary/aromatic N) is 1. The van der Waals surface area contributed by atoms with E-state index in [-0.39, 0.29) is 5.57 Å². The summed E-state index contributed by atoms with van der Waals surface area (Å²) in [5.74, 6) is -0.873. The SMILES string of the molecule is CCCCOCCCNC(=O)/C(C#N)=C\Nc1ccc(C(=O)OC)cc1. The molecule has 0 aliphatic heterocycles. The van der Waals surface area contributed by atoms with Crippen LogP contribution in [0.15, 0.2) is 36.0 Å². The number of ether oxygens (including phenoxy) is 2. The number of hydrogen-bond donors (Lipinski definition) is 2. The lowest BCUT2D eigenvalue weighted by molar-refractivity contribution is -0.117. The number of hydrogen-bond acceptors (Lipinski definition) is 6. The summed E-state index contributed by atoms with van der Waals surface area (Å²) < 4.78 is 10.0. The smallest absolute Gasteiger partial charge is 0.337 e. The van der Waals surface area contributed by atoms with Crippen LogP contribution in [-0.2, 0) is 14.3 Å². The Balaban J connectivity index is 2.43. The minimum atomic E-state index is -0.445. The summed E-state index contributed by atoms with van der Waals surface area (Å²) in [4.78, 5) is 23.3. The highest BCUT2D eigenvalue weighted by Gasteiger charge is 2.08. The average Bonchev–Trinajstić information content (AvgIpc) is 2.67. The van der Waals surface area contributed by atoms with E-state index in [0.717, 1.165) is 19.4 Å². The molecule has 140 valence electrons. The molecule has 0 spiro atoms. The number of anilines is 1. The van der Waals surface area contributed by atoms with E-state index in [1.165, 1.54) is 13.3 Å². The van der Waals surface area contributed by atoms with Crippen molar-refractivity contribution in [2.45, 2.75) is 26.2 Å². The van der Waals surface area contributed by atoms with E-state index in [0.29, 0.717) is 30.8 Å². The standard InChI is InChI=1S/C19H25N3O4/c1-3-4-11-26-12-5-10-21-18(23)16(13-20)14-22-17-8-6-15(7-9-17)19(24)25-2/h6-9,14,22H,3-5,10-12H2,1-2H3,(H,21,23)/b16-14-. The number of rotatable bonds is 11. The lowest BCUT2D eigenvalue weighted by Crippen LogP contribution is -2.26. The molecular formula is C19H25N3O4. The van der Waals surface area contributed by atoms with Crippen LogP contribution in [0.4, 0.5) is 5.69 Å². The first-order valence-electron chi connectivity index (χ1n) is 8.53. The number of carbonyl (C=O) groups is 2. The maximum atomic E-state index is 12.0. The van der Waals surface area contributed by atoms with Gasteiger partial charge in [-0.1, -0.05) is 13.3 Å². The number of carbonyl (C=O) groups excluding carboxylic acids is 2. The molecule has 1 rings (SSSR count). The van der Waals surface area contributed by atoms with Crippen molar-refractivity contribution in [2.75, 3.05) is 32.2 Å². The highest BCUT2D eigenvalue weighted by molar-refractivity contribution is 5.97. The molecule has 2 N–H and O–H groups in total. The minimum absolute atomic E-state index is 0.0334. The van der Waals surface area contributed by atoms with Gasteiger partial charge < -0.3 is 20.1 Å². The topological polar surface area (TPSA) is 100 Å². The second-order valence-corrected chi connectivity index (χ2v) is 5.46. The van der Waals surface area contributed by atoms with E-state index in [4.69, 9.17) is 10.00 Å². The van der Waals surface area contributed by atoms with Crippen LogP contribution in [0.3, 0.4) is 0 Å². The average molecular weight is 359 g/mol. The van der Waals surface area contributed by atoms with Crippen molar-refractivity contribution >= 4 is 17.6 Å². The first-order valence-corrected chi connectivity index (χ1v) is 8.53. The van der Waals surface area contributed by atoms with E-state index in [2.05, 4.69) is 22.3 Å². The third-order valence-electron chi connectivity index (χ3n) is 3.45. The summed E-state index contributed by atoms with van der Waals surface area (Å²) in [6.45, 7) is 3.85. The molecule has 7 heteroatoms. The van der Waals surface area contributed by atoms with Crippen molar-refractivity contribution in [3.8, 4) is 6.07 Å². The Morgan fingerprint density at radius 2 is 1.88 bits per heavy atom. The minimum Gasteiger partial charge on any atom is -0.465 e. The molecule has 1 amide bonds. The molecule has 1 aromatic rings. The Hall–Kier alpha value is -2.85. The summed E-state index contributed by atoms with van der Waals surface area (Å²) in [7, 11) is 1.31. The molecule has 1 aromatic carbocycles. The van der Waals surface area contributed by atoms with Gasteiger partial charge in [-0.3, -0.25) is 4.79 Å². The van der Waals surface area contributed by atoms with Crippen LogP contribution >= 0.6 is 0 Å². The van der Waals surface area contributed by atoms with Crippen LogP contribution in [0.1, 0.15) is 36.5 Å². The number of nitrogens with one attached hydrogen (secondary N) is 2. The van der Waals surface area contributed by atoms with Gasteiger partial charge in [-0.25, -0.2) is 4.79 Å². The largest absolute Gasteiger partial charge is 0.465 e. The van der Waals surface area contributed by atoms with E-state index in [1.807, 2.05) is 6.07 Å². The second kappa shape index (κ2) is 12.5. The Kier molecular flexibility index (Phi) is 10.2. The van der Waals surface area contributed by atoms with Gasteiger partial charge in [0.2, 0.25) is 0 Å². The van der Waals surface area contributed by atoms with Gasteiger partial charge in [0.15, 0.2) is 0 Å².